The number of carbonyl (C=O) groups excluding carboxylic acids is 3. The molecule has 0 unspecified atom stereocenters. The Labute approximate surface area is 150 Å². The molecule has 1 saturated heterocycles. The van der Waals surface area contributed by atoms with Crippen LogP contribution in [0.5, 0.6) is 0 Å². The molecule has 0 amide bonds. The van der Waals surface area contributed by atoms with E-state index in [1.165, 1.54) is 6.07 Å². The lowest BCUT2D eigenvalue weighted by molar-refractivity contribution is 0.0309. The maximum atomic E-state index is 12.6. The van der Waals surface area contributed by atoms with Crippen LogP contribution in [0.3, 0.4) is 0 Å². The Bertz CT molecular complexity index is 824. The van der Waals surface area contributed by atoms with E-state index in [0.29, 0.717) is 17.7 Å². The highest BCUT2D eigenvalue weighted by Crippen LogP contribution is 2.30. The number of benzene rings is 1. The van der Waals surface area contributed by atoms with Gasteiger partial charge in [0.2, 0.25) is 5.78 Å². The Morgan fingerprint density at radius 2 is 1.77 bits per heavy atom. The molecule has 0 radical (unpaired) electrons. The van der Waals surface area contributed by atoms with Gasteiger partial charge in [-0.2, -0.15) is 0 Å². The van der Waals surface area contributed by atoms with Gasteiger partial charge in [-0.15, -0.1) is 0 Å². The first-order valence-electron chi connectivity index (χ1n) is 8.83. The third kappa shape index (κ3) is 3.02. The summed E-state index contributed by atoms with van der Waals surface area (Å²) in [6.45, 7) is 2.15. The van der Waals surface area contributed by atoms with Crippen LogP contribution < -0.4 is 5.32 Å². The Morgan fingerprint density at radius 3 is 2.50 bits per heavy atom. The number of hydrogen-bond acceptors (Lipinski definition) is 6. The summed E-state index contributed by atoms with van der Waals surface area (Å²) in [5, 5.41) is 3.26. The fourth-order valence-corrected chi connectivity index (χ4v) is 3.42. The molecule has 0 spiro atoms. The zero-order valence-corrected chi connectivity index (χ0v) is 14.2. The number of ether oxygens (including phenoxy) is 1. The van der Waals surface area contributed by atoms with Gasteiger partial charge in [-0.3, -0.25) is 14.4 Å². The summed E-state index contributed by atoms with van der Waals surface area (Å²) in [5.41, 5.74) is 0.822. The standard InChI is InChI=1S/C20H19NO5/c22-16(7-10-25-12-5-8-21-9-6-12)17-11-15-18(23)13-3-1-2-4-14(13)19(24)20(15)26-17/h1-4,11-12,21H,5-10H2. The lowest BCUT2D eigenvalue weighted by atomic mass is 9.88. The molecule has 6 nitrogen and oxygen atoms in total. The third-order valence-corrected chi connectivity index (χ3v) is 4.84. The van der Waals surface area contributed by atoms with E-state index >= 15 is 0 Å². The van der Waals surface area contributed by atoms with E-state index < -0.39 is 0 Å². The van der Waals surface area contributed by atoms with Crippen LogP contribution in [-0.2, 0) is 4.74 Å². The number of Topliss-reactive ketones (excluding diaryl/α,β-unsaturated/α-hetero) is 1. The fourth-order valence-electron chi connectivity index (χ4n) is 3.42. The summed E-state index contributed by atoms with van der Waals surface area (Å²) in [7, 11) is 0. The molecule has 6 heteroatoms. The number of furan rings is 1. The molecular weight excluding hydrogens is 334 g/mol. The smallest absolute Gasteiger partial charge is 0.229 e. The summed E-state index contributed by atoms with van der Waals surface area (Å²) in [6, 6.07) is 8.00. The van der Waals surface area contributed by atoms with E-state index in [1.807, 2.05) is 0 Å². The molecule has 2 aliphatic rings. The largest absolute Gasteiger partial charge is 0.449 e. The van der Waals surface area contributed by atoms with Crippen molar-refractivity contribution in [3.05, 3.63) is 58.5 Å². The second kappa shape index (κ2) is 6.97. The van der Waals surface area contributed by atoms with E-state index in [1.54, 1.807) is 24.3 Å². The maximum absolute atomic E-state index is 12.6. The van der Waals surface area contributed by atoms with Crippen molar-refractivity contribution < 1.29 is 23.5 Å². The van der Waals surface area contributed by atoms with Gasteiger partial charge in [0.05, 0.1) is 18.3 Å². The van der Waals surface area contributed by atoms with Gasteiger partial charge in [0.1, 0.15) is 0 Å². The molecule has 1 aliphatic carbocycles. The van der Waals surface area contributed by atoms with E-state index in [-0.39, 0.29) is 47.0 Å². The molecule has 2 heterocycles. The third-order valence-electron chi connectivity index (χ3n) is 4.84. The zero-order valence-electron chi connectivity index (χ0n) is 14.2. The number of ketones is 3. The van der Waals surface area contributed by atoms with Crippen molar-refractivity contribution in [1.29, 1.82) is 0 Å². The number of hydrogen-bond donors (Lipinski definition) is 1. The first-order chi connectivity index (χ1) is 12.6. The number of piperidine rings is 1. The lowest BCUT2D eigenvalue weighted by Crippen LogP contribution is -2.32. The molecule has 1 aromatic heterocycles. The molecule has 2 aromatic rings. The van der Waals surface area contributed by atoms with E-state index in [9.17, 15) is 14.4 Å². The zero-order chi connectivity index (χ0) is 18.1. The van der Waals surface area contributed by atoms with Crippen LogP contribution in [0.15, 0.2) is 34.7 Å². The van der Waals surface area contributed by atoms with Crippen LogP contribution in [0, 0.1) is 0 Å². The molecular formula is C20H19NO5. The average Bonchev–Trinajstić information content (AvgIpc) is 3.13. The summed E-state index contributed by atoms with van der Waals surface area (Å²) >= 11 is 0. The SMILES string of the molecule is O=C(CCOC1CCNCC1)c1cc2c(o1)C(=O)c1ccccc1C2=O. The van der Waals surface area contributed by atoms with Gasteiger partial charge in [0, 0.05) is 17.5 Å². The predicted octanol–water partition coefficient (Wildman–Crippen LogP) is 2.40. The molecule has 0 saturated carbocycles. The molecule has 1 N–H and O–H groups in total. The van der Waals surface area contributed by atoms with Crippen molar-refractivity contribution in [2.45, 2.75) is 25.4 Å². The van der Waals surface area contributed by atoms with Crippen LogP contribution in [0.4, 0.5) is 0 Å². The normalized spacial score (nSPS) is 17.1. The highest BCUT2D eigenvalue weighted by molar-refractivity contribution is 6.27. The molecule has 0 atom stereocenters. The molecule has 4 rings (SSSR count). The Balaban J connectivity index is 1.46. The van der Waals surface area contributed by atoms with Crippen molar-refractivity contribution in [2.24, 2.45) is 0 Å². The predicted molar refractivity (Wildman–Crippen MR) is 92.8 cm³/mol. The van der Waals surface area contributed by atoms with Gasteiger partial charge in [-0.05, 0) is 32.0 Å². The molecule has 0 bridgehead atoms. The number of rotatable bonds is 5. The highest BCUT2D eigenvalue weighted by Gasteiger charge is 2.34. The van der Waals surface area contributed by atoms with Crippen LogP contribution in [0.1, 0.15) is 61.9 Å². The summed E-state index contributed by atoms with van der Waals surface area (Å²) < 4.78 is 11.2. The summed E-state index contributed by atoms with van der Waals surface area (Å²) in [4.78, 5) is 37.5. The lowest BCUT2D eigenvalue weighted by Gasteiger charge is -2.22. The summed E-state index contributed by atoms with van der Waals surface area (Å²) in [6.07, 6.45) is 2.20. The van der Waals surface area contributed by atoms with Crippen LogP contribution in [-0.4, -0.2) is 43.2 Å². The van der Waals surface area contributed by atoms with E-state index in [4.69, 9.17) is 9.15 Å². The van der Waals surface area contributed by atoms with Gasteiger partial charge < -0.3 is 14.5 Å². The van der Waals surface area contributed by atoms with Gasteiger partial charge in [0.15, 0.2) is 23.1 Å². The second-order valence-electron chi connectivity index (χ2n) is 6.55. The number of nitrogens with one attached hydrogen (secondary N) is 1. The van der Waals surface area contributed by atoms with E-state index in [0.717, 1.165) is 25.9 Å². The highest BCUT2D eigenvalue weighted by atomic mass is 16.5. The van der Waals surface area contributed by atoms with Gasteiger partial charge in [-0.1, -0.05) is 24.3 Å². The van der Waals surface area contributed by atoms with Gasteiger partial charge in [0.25, 0.3) is 0 Å². The number of carbonyl (C=O) groups is 3. The van der Waals surface area contributed by atoms with Crippen molar-refractivity contribution in [2.75, 3.05) is 19.7 Å². The minimum absolute atomic E-state index is 0.0402. The second-order valence-corrected chi connectivity index (χ2v) is 6.55. The maximum Gasteiger partial charge on any atom is 0.229 e. The Hall–Kier alpha value is -2.57. The van der Waals surface area contributed by atoms with Crippen LogP contribution in [0.2, 0.25) is 0 Å². The Kier molecular flexibility index (Phi) is 4.53. The summed E-state index contributed by atoms with van der Waals surface area (Å²) in [5.74, 6) is -0.920. The average molecular weight is 353 g/mol. The van der Waals surface area contributed by atoms with Crippen LogP contribution in [0.25, 0.3) is 0 Å². The minimum atomic E-state index is -0.361. The minimum Gasteiger partial charge on any atom is -0.449 e. The van der Waals surface area contributed by atoms with E-state index in [2.05, 4.69) is 5.32 Å². The fraction of sp³-hybridized carbons (Fsp3) is 0.350. The quantitative estimate of drug-likeness (QED) is 0.709. The van der Waals surface area contributed by atoms with Crippen molar-refractivity contribution >= 4 is 17.3 Å². The topological polar surface area (TPSA) is 85.6 Å². The monoisotopic (exact) mass is 353 g/mol. The molecule has 1 fully saturated rings. The molecule has 1 aromatic carbocycles. The molecule has 1 aliphatic heterocycles. The van der Waals surface area contributed by atoms with Gasteiger partial charge in [-0.25, -0.2) is 0 Å². The Morgan fingerprint density at radius 1 is 1.08 bits per heavy atom. The first-order valence-corrected chi connectivity index (χ1v) is 8.83. The number of fused-ring (bicyclic) bond motifs is 2. The first kappa shape index (κ1) is 16.9. The van der Waals surface area contributed by atoms with Crippen molar-refractivity contribution in [3.63, 3.8) is 0 Å². The molecule has 134 valence electrons. The van der Waals surface area contributed by atoms with Gasteiger partial charge >= 0.3 is 0 Å². The van der Waals surface area contributed by atoms with Crippen LogP contribution >= 0.6 is 0 Å². The van der Waals surface area contributed by atoms with Crippen molar-refractivity contribution in [1.82, 2.24) is 5.32 Å². The molecule has 26 heavy (non-hydrogen) atoms. The van der Waals surface area contributed by atoms with Crippen molar-refractivity contribution in [3.8, 4) is 0 Å².